The van der Waals surface area contributed by atoms with Crippen molar-refractivity contribution in [1.82, 2.24) is 10.6 Å². The van der Waals surface area contributed by atoms with Gasteiger partial charge in [-0.15, -0.1) is 0 Å². The van der Waals surface area contributed by atoms with Gasteiger partial charge in [-0.1, -0.05) is 19.1 Å². The fourth-order valence-corrected chi connectivity index (χ4v) is 3.22. The fourth-order valence-electron chi connectivity index (χ4n) is 3.22. The molecule has 0 unspecified atom stereocenters. The van der Waals surface area contributed by atoms with Crippen LogP contribution in [0.15, 0.2) is 24.3 Å². The van der Waals surface area contributed by atoms with Crippen LogP contribution in [0.4, 0.5) is 5.69 Å². The molecule has 0 spiro atoms. The number of quaternary nitrogens is 1. The number of rotatable bonds is 9. The molecule has 3 N–H and O–H groups in total. The highest BCUT2D eigenvalue weighted by Crippen LogP contribution is 2.27. The second kappa shape index (κ2) is 10.8. The van der Waals surface area contributed by atoms with Crippen LogP contribution in [-0.2, 0) is 9.59 Å². The van der Waals surface area contributed by atoms with Crippen molar-refractivity contribution < 1.29 is 19.2 Å². The number of hydrogen-bond donors (Lipinski definition) is 3. The van der Waals surface area contributed by atoms with Gasteiger partial charge in [0.1, 0.15) is 11.8 Å². The normalized spacial score (nSPS) is 15.9. The van der Waals surface area contributed by atoms with Gasteiger partial charge in [-0.2, -0.15) is 0 Å². The maximum Gasteiger partial charge on any atom is 0.275 e. The molecule has 1 fully saturated rings. The molecule has 150 valence electrons. The van der Waals surface area contributed by atoms with Crippen LogP contribution in [0.1, 0.15) is 27.2 Å². The van der Waals surface area contributed by atoms with Crippen LogP contribution in [0.25, 0.3) is 0 Å². The molecular formula is C20H33N4O3+. The van der Waals surface area contributed by atoms with Crippen LogP contribution in [0.3, 0.4) is 0 Å². The lowest BCUT2D eigenvalue weighted by Gasteiger charge is -2.34. The average molecular weight is 378 g/mol. The van der Waals surface area contributed by atoms with Crippen molar-refractivity contribution in [2.24, 2.45) is 0 Å². The summed E-state index contributed by atoms with van der Waals surface area (Å²) in [6.45, 7) is 10.9. The highest BCUT2D eigenvalue weighted by Gasteiger charge is 2.25. The Morgan fingerprint density at radius 1 is 1.22 bits per heavy atom. The SMILES string of the molecule is CCCNC(=O)[C@@H](C)NC(=O)C[NH+]1CCN(c2ccccc2OCC)CC1. The van der Waals surface area contributed by atoms with Crippen LogP contribution >= 0.6 is 0 Å². The molecule has 0 bridgehead atoms. The summed E-state index contributed by atoms with van der Waals surface area (Å²) in [5, 5.41) is 5.60. The van der Waals surface area contributed by atoms with Gasteiger partial charge in [0.2, 0.25) is 5.91 Å². The van der Waals surface area contributed by atoms with E-state index in [1.165, 1.54) is 4.90 Å². The topological polar surface area (TPSA) is 75.1 Å². The summed E-state index contributed by atoms with van der Waals surface area (Å²) in [6, 6.07) is 7.59. The van der Waals surface area contributed by atoms with Gasteiger partial charge >= 0.3 is 0 Å². The summed E-state index contributed by atoms with van der Waals surface area (Å²) in [5.41, 5.74) is 1.11. The molecule has 1 saturated heterocycles. The van der Waals surface area contributed by atoms with E-state index in [0.717, 1.165) is 44.0 Å². The molecule has 2 amide bonds. The molecule has 1 aliphatic rings. The fraction of sp³-hybridized carbons (Fsp3) is 0.600. The van der Waals surface area contributed by atoms with Gasteiger partial charge in [0.05, 0.1) is 38.5 Å². The molecule has 2 rings (SSSR count). The van der Waals surface area contributed by atoms with Crippen LogP contribution in [0.5, 0.6) is 5.75 Å². The van der Waals surface area contributed by atoms with E-state index in [0.29, 0.717) is 19.7 Å². The van der Waals surface area contributed by atoms with E-state index in [9.17, 15) is 9.59 Å². The van der Waals surface area contributed by atoms with E-state index in [1.54, 1.807) is 6.92 Å². The summed E-state index contributed by atoms with van der Waals surface area (Å²) >= 11 is 0. The molecule has 1 aliphatic heterocycles. The third-order valence-corrected chi connectivity index (χ3v) is 4.71. The molecule has 0 radical (unpaired) electrons. The molecule has 7 nitrogen and oxygen atoms in total. The number of hydrogen-bond acceptors (Lipinski definition) is 4. The average Bonchev–Trinajstić information content (AvgIpc) is 2.67. The van der Waals surface area contributed by atoms with Crippen molar-refractivity contribution in [2.75, 3.05) is 50.8 Å². The predicted octanol–water partition coefficient (Wildman–Crippen LogP) is -0.179. The van der Waals surface area contributed by atoms with E-state index >= 15 is 0 Å². The van der Waals surface area contributed by atoms with Crippen LogP contribution in [0, 0.1) is 0 Å². The zero-order valence-corrected chi connectivity index (χ0v) is 16.7. The Kier molecular flexibility index (Phi) is 8.39. The van der Waals surface area contributed by atoms with Crippen molar-refractivity contribution in [3.63, 3.8) is 0 Å². The molecular weight excluding hydrogens is 344 g/mol. The van der Waals surface area contributed by atoms with Gasteiger partial charge in [-0.05, 0) is 32.4 Å². The molecule has 0 aliphatic carbocycles. The van der Waals surface area contributed by atoms with E-state index in [-0.39, 0.29) is 11.8 Å². The van der Waals surface area contributed by atoms with E-state index in [1.807, 2.05) is 32.0 Å². The molecule has 1 atom stereocenters. The maximum atomic E-state index is 12.2. The molecule has 7 heteroatoms. The Bertz CT molecular complexity index is 615. The van der Waals surface area contributed by atoms with Gasteiger partial charge in [0.15, 0.2) is 6.54 Å². The van der Waals surface area contributed by atoms with Crippen molar-refractivity contribution >= 4 is 17.5 Å². The van der Waals surface area contributed by atoms with Crippen molar-refractivity contribution in [3.8, 4) is 5.75 Å². The van der Waals surface area contributed by atoms with Gasteiger partial charge in [0, 0.05) is 6.54 Å². The van der Waals surface area contributed by atoms with Gasteiger partial charge in [0.25, 0.3) is 5.91 Å². The lowest BCUT2D eigenvalue weighted by Crippen LogP contribution is -3.16. The van der Waals surface area contributed by atoms with Crippen LogP contribution in [-0.4, -0.2) is 63.7 Å². The Balaban J connectivity index is 1.79. The first-order valence-corrected chi connectivity index (χ1v) is 9.92. The van der Waals surface area contributed by atoms with Crippen LogP contribution < -0.4 is 25.2 Å². The second-order valence-electron chi connectivity index (χ2n) is 6.89. The first-order chi connectivity index (χ1) is 13.0. The second-order valence-corrected chi connectivity index (χ2v) is 6.89. The minimum absolute atomic E-state index is 0.0766. The number of nitrogens with zero attached hydrogens (tertiary/aromatic N) is 1. The van der Waals surface area contributed by atoms with Gasteiger partial charge in [-0.25, -0.2) is 0 Å². The van der Waals surface area contributed by atoms with Crippen LogP contribution in [0.2, 0.25) is 0 Å². The highest BCUT2D eigenvalue weighted by molar-refractivity contribution is 5.87. The largest absolute Gasteiger partial charge is 0.492 e. The lowest BCUT2D eigenvalue weighted by atomic mass is 10.2. The Labute approximate surface area is 162 Å². The third kappa shape index (κ3) is 6.43. The van der Waals surface area contributed by atoms with Crippen molar-refractivity contribution in [3.05, 3.63) is 24.3 Å². The zero-order chi connectivity index (χ0) is 19.6. The summed E-state index contributed by atoms with van der Waals surface area (Å²) in [6.07, 6.45) is 0.882. The molecule has 27 heavy (non-hydrogen) atoms. The lowest BCUT2D eigenvalue weighted by molar-refractivity contribution is -0.892. The number of anilines is 1. The minimum Gasteiger partial charge on any atom is -0.492 e. The smallest absolute Gasteiger partial charge is 0.275 e. The summed E-state index contributed by atoms with van der Waals surface area (Å²) in [5.74, 6) is 0.706. The first kappa shape index (κ1) is 21.0. The monoisotopic (exact) mass is 377 g/mol. The number of carbonyl (C=O) groups is 2. The summed E-state index contributed by atoms with van der Waals surface area (Å²) in [7, 11) is 0. The summed E-state index contributed by atoms with van der Waals surface area (Å²) < 4.78 is 5.73. The number of nitrogens with one attached hydrogen (secondary N) is 3. The third-order valence-electron chi connectivity index (χ3n) is 4.71. The molecule has 1 aromatic rings. The quantitative estimate of drug-likeness (QED) is 0.558. The van der Waals surface area contributed by atoms with E-state index in [2.05, 4.69) is 21.6 Å². The van der Waals surface area contributed by atoms with E-state index in [4.69, 9.17) is 4.74 Å². The number of carbonyl (C=O) groups excluding carboxylic acids is 2. The van der Waals surface area contributed by atoms with Gasteiger partial charge in [-0.3, -0.25) is 9.59 Å². The van der Waals surface area contributed by atoms with Gasteiger partial charge < -0.3 is 25.2 Å². The van der Waals surface area contributed by atoms with Crippen molar-refractivity contribution in [2.45, 2.75) is 33.2 Å². The van der Waals surface area contributed by atoms with E-state index < -0.39 is 6.04 Å². The highest BCUT2D eigenvalue weighted by atomic mass is 16.5. The number of amides is 2. The number of para-hydroxylation sites is 2. The number of benzene rings is 1. The molecule has 1 aromatic carbocycles. The first-order valence-electron chi connectivity index (χ1n) is 9.92. The molecule has 0 saturated carbocycles. The molecule has 0 aromatic heterocycles. The van der Waals surface area contributed by atoms with Crippen molar-refractivity contribution in [1.29, 1.82) is 0 Å². The molecule has 1 heterocycles. The summed E-state index contributed by atoms with van der Waals surface area (Å²) in [4.78, 5) is 27.7. The Hall–Kier alpha value is -2.28. The maximum absolute atomic E-state index is 12.2. The zero-order valence-electron chi connectivity index (χ0n) is 16.7. The minimum atomic E-state index is -0.497. The standard InChI is InChI=1S/C20H32N4O3/c1-4-10-21-20(26)16(3)22-19(25)15-23-11-13-24(14-12-23)17-8-6-7-9-18(17)27-5-2/h6-9,16H,4-5,10-15H2,1-3H3,(H,21,26)(H,22,25)/p+1/t16-/m1/s1. The number of piperazine rings is 1. The Morgan fingerprint density at radius 2 is 1.93 bits per heavy atom. The number of ether oxygens (including phenoxy) is 1. The predicted molar refractivity (Wildman–Crippen MR) is 106 cm³/mol. The Morgan fingerprint density at radius 3 is 2.59 bits per heavy atom.